The first-order valence-electron chi connectivity index (χ1n) is 7.13. The first kappa shape index (κ1) is 17.7. The van der Waals surface area contributed by atoms with Crippen LogP contribution >= 0.6 is 11.6 Å². The lowest BCUT2D eigenvalue weighted by Crippen LogP contribution is -2.42. The predicted octanol–water partition coefficient (Wildman–Crippen LogP) is 2.48. The number of carbonyl (C=O) groups is 1. The zero-order valence-electron chi connectivity index (χ0n) is 13.4. The Morgan fingerprint density at radius 3 is 2.57 bits per heavy atom. The third-order valence-corrected chi connectivity index (χ3v) is 3.30. The average molecular weight is 313 g/mol. The highest BCUT2D eigenvalue weighted by Gasteiger charge is 2.19. The first-order chi connectivity index (χ1) is 9.83. The molecule has 5 nitrogen and oxygen atoms in total. The van der Waals surface area contributed by atoms with E-state index < -0.39 is 0 Å². The van der Waals surface area contributed by atoms with Crippen molar-refractivity contribution in [2.45, 2.75) is 26.3 Å². The Morgan fingerprint density at radius 2 is 2.05 bits per heavy atom. The lowest BCUT2D eigenvalue weighted by Gasteiger charge is -2.24. The van der Waals surface area contributed by atoms with Crippen molar-refractivity contribution < 1.29 is 4.79 Å². The molecule has 1 amide bonds. The molecule has 0 aliphatic carbocycles. The van der Waals surface area contributed by atoms with Gasteiger partial charge in [0.25, 0.3) is 5.91 Å². The maximum Gasteiger partial charge on any atom is 0.271 e. The van der Waals surface area contributed by atoms with Crippen LogP contribution in [0.15, 0.2) is 12.1 Å². The van der Waals surface area contributed by atoms with Crippen LogP contribution < -0.4 is 10.6 Å². The number of pyridine rings is 1. The number of rotatable bonds is 7. The van der Waals surface area contributed by atoms with E-state index in [0.717, 1.165) is 13.0 Å². The summed E-state index contributed by atoms with van der Waals surface area (Å²) in [6.07, 6.45) is 0.910. The van der Waals surface area contributed by atoms with Crippen molar-refractivity contribution >= 4 is 23.3 Å². The number of aromatic nitrogens is 1. The standard InChI is InChI=1S/C15H25ClN4O/c1-10(2)8-11(9-20(4)5)18-15(21)14-12(16)6-7-13(17-3)19-14/h6-7,10-11H,8-9H2,1-5H3,(H,17,19)(H,18,21). The minimum absolute atomic E-state index is 0.0728. The first-order valence-corrected chi connectivity index (χ1v) is 7.51. The summed E-state index contributed by atoms with van der Waals surface area (Å²) in [5.41, 5.74) is 0.260. The Morgan fingerprint density at radius 1 is 1.38 bits per heavy atom. The Bertz CT molecular complexity index is 467. The van der Waals surface area contributed by atoms with E-state index >= 15 is 0 Å². The van der Waals surface area contributed by atoms with Gasteiger partial charge in [0.2, 0.25) is 0 Å². The monoisotopic (exact) mass is 312 g/mol. The summed E-state index contributed by atoms with van der Waals surface area (Å²) in [4.78, 5) is 18.7. The molecule has 6 heteroatoms. The fourth-order valence-electron chi connectivity index (χ4n) is 2.18. The van der Waals surface area contributed by atoms with Crippen molar-refractivity contribution in [3.63, 3.8) is 0 Å². The van der Waals surface area contributed by atoms with Gasteiger partial charge in [0.05, 0.1) is 5.02 Å². The number of likely N-dealkylation sites (N-methyl/N-ethyl adjacent to an activating group) is 1. The van der Waals surface area contributed by atoms with E-state index in [2.05, 4.69) is 34.4 Å². The van der Waals surface area contributed by atoms with E-state index in [-0.39, 0.29) is 17.6 Å². The summed E-state index contributed by atoms with van der Waals surface area (Å²) in [5.74, 6) is 0.893. The van der Waals surface area contributed by atoms with Crippen LogP contribution in [-0.2, 0) is 0 Å². The van der Waals surface area contributed by atoms with Crippen molar-refractivity contribution in [1.82, 2.24) is 15.2 Å². The lowest BCUT2D eigenvalue weighted by atomic mass is 10.0. The maximum atomic E-state index is 12.4. The minimum Gasteiger partial charge on any atom is -0.373 e. The SMILES string of the molecule is CNc1ccc(Cl)c(C(=O)NC(CC(C)C)CN(C)C)n1. The molecule has 0 aliphatic heterocycles. The highest BCUT2D eigenvalue weighted by Crippen LogP contribution is 2.17. The van der Waals surface area contributed by atoms with Gasteiger partial charge in [0.15, 0.2) is 0 Å². The number of halogens is 1. The molecule has 1 aromatic heterocycles. The Labute approximate surface area is 132 Å². The van der Waals surface area contributed by atoms with Gasteiger partial charge in [0.1, 0.15) is 11.5 Å². The van der Waals surface area contributed by atoms with E-state index in [4.69, 9.17) is 11.6 Å². The number of carbonyl (C=O) groups excluding carboxylic acids is 1. The molecule has 0 saturated heterocycles. The molecule has 0 spiro atoms. The van der Waals surface area contributed by atoms with E-state index in [0.29, 0.717) is 16.8 Å². The molecule has 118 valence electrons. The largest absolute Gasteiger partial charge is 0.373 e. The van der Waals surface area contributed by atoms with Crippen LogP contribution in [0.3, 0.4) is 0 Å². The summed E-state index contributed by atoms with van der Waals surface area (Å²) >= 11 is 6.08. The van der Waals surface area contributed by atoms with E-state index in [1.807, 2.05) is 14.1 Å². The quantitative estimate of drug-likeness (QED) is 0.812. The number of nitrogens with zero attached hydrogens (tertiary/aromatic N) is 2. The van der Waals surface area contributed by atoms with Crippen molar-refractivity contribution in [1.29, 1.82) is 0 Å². The lowest BCUT2D eigenvalue weighted by molar-refractivity contribution is 0.0920. The molecule has 1 heterocycles. The molecule has 0 aromatic carbocycles. The molecule has 0 bridgehead atoms. The van der Waals surface area contributed by atoms with Gasteiger partial charge in [-0.15, -0.1) is 0 Å². The normalized spacial score (nSPS) is 12.6. The van der Waals surface area contributed by atoms with Gasteiger partial charge >= 0.3 is 0 Å². The molecule has 0 aliphatic rings. The summed E-state index contributed by atoms with van der Waals surface area (Å²) < 4.78 is 0. The molecule has 1 rings (SSSR count). The van der Waals surface area contributed by atoms with Crippen molar-refractivity contribution in [3.05, 3.63) is 22.8 Å². The van der Waals surface area contributed by atoms with Crippen LogP contribution in [0, 0.1) is 5.92 Å². The Balaban J connectivity index is 2.85. The van der Waals surface area contributed by atoms with E-state index in [9.17, 15) is 4.79 Å². The fraction of sp³-hybridized carbons (Fsp3) is 0.600. The molecule has 0 radical (unpaired) electrons. The van der Waals surface area contributed by atoms with Gasteiger partial charge in [-0.05, 0) is 38.6 Å². The second-order valence-electron chi connectivity index (χ2n) is 5.84. The van der Waals surface area contributed by atoms with Gasteiger partial charge in [-0.2, -0.15) is 0 Å². The Hall–Kier alpha value is -1.33. The smallest absolute Gasteiger partial charge is 0.271 e. The van der Waals surface area contributed by atoms with Gasteiger partial charge in [-0.25, -0.2) is 4.98 Å². The van der Waals surface area contributed by atoms with Gasteiger partial charge in [-0.1, -0.05) is 25.4 Å². The third kappa shape index (κ3) is 5.89. The molecule has 1 aromatic rings. The van der Waals surface area contributed by atoms with Gasteiger partial charge in [-0.3, -0.25) is 4.79 Å². The average Bonchev–Trinajstić information content (AvgIpc) is 2.37. The number of hydrogen-bond donors (Lipinski definition) is 2. The van der Waals surface area contributed by atoms with Crippen molar-refractivity contribution in [2.24, 2.45) is 5.92 Å². The second kappa shape index (κ2) is 8.20. The summed E-state index contributed by atoms with van der Waals surface area (Å²) in [6, 6.07) is 3.49. The Kier molecular flexibility index (Phi) is 6.92. The summed E-state index contributed by atoms with van der Waals surface area (Å²) in [6.45, 7) is 5.07. The number of anilines is 1. The molecule has 2 N–H and O–H groups in total. The number of amides is 1. The minimum atomic E-state index is -0.232. The molecule has 0 fully saturated rings. The molecule has 1 unspecified atom stereocenters. The van der Waals surface area contributed by atoms with E-state index in [1.54, 1.807) is 19.2 Å². The predicted molar refractivity (Wildman–Crippen MR) is 88.1 cm³/mol. The third-order valence-electron chi connectivity index (χ3n) is 2.99. The summed E-state index contributed by atoms with van der Waals surface area (Å²) in [5, 5.41) is 6.30. The highest BCUT2D eigenvalue weighted by atomic mass is 35.5. The van der Waals surface area contributed by atoms with Crippen molar-refractivity contribution in [2.75, 3.05) is 33.0 Å². The van der Waals surface area contributed by atoms with Gasteiger partial charge < -0.3 is 15.5 Å². The van der Waals surface area contributed by atoms with Crippen LogP contribution in [0.2, 0.25) is 5.02 Å². The van der Waals surface area contributed by atoms with Crippen LogP contribution in [0.5, 0.6) is 0 Å². The topological polar surface area (TPSA) is 57.3 Å². The van der Waals surface area contributed by atoms with Crippen LogP contribution in [-0.4, -0.2) is 49.5 Å². The van der Waals surface area contributed by atoms with Crippen molar-refractivity contribution in [3.8, 4) is 0 Å². The number of nitrogens with one attached hydrogen (secondary N) is 2. The van der Waals surface area contributed by atoms with Gasteiger partial charge in [0, 0.05) is 19.6 Å². The number of hydrogen-bond acceptors (Lipinski definition) is 4. The second-order valence-corrected chi connectivity index (χ2v) is 6.25. The van der Waals surface area contributed by atoms with Crippen LogP contribution in [0.25, 0.3) is 0 Å². The molecule has 1 atom stereocenters. The fourth-order valence-corrected chi connectivity index (χ4v) is 2.37. The van der Waals surface area contributed by atoms with Crippen LogP contribution in [0.4, 0.5) is 5.82 Å². The molecule has 0 saturated carbocycles. The molecular weight excluding hydrogens is 288 g/mol. The highest BCUT2D eigenvalue weighted by molar-refractivity contribution is 6.33. The maximum absolute atomic E-state index is 12.4. The molecule has 21 heavy (non-hydrogen) atoms. The molecular formula is C15H25ClN4O. The van der Waals surface area contributed by atoms with Crippen LogP contribution in [0.1, 0.15) is 30.8 Å². The van der Waals surface area contributed by atoms with E-state index in [1.165, 1.54) is 0 Å². The zero-order chi connectivity index (χ0) is 16.0. The zero-order valence-corrected chi connectivity index (χ0v) is 14.2. The summed E-state index contributed by atoms with van der Waals surface area (Å²) in [7, 11) is 5.74.